The summed E-state index contributed by atoms with van der Waals surface area (Å²) < 4.78 is 10.6. The lowest BCUT2D eigenvalue weighted by Crippen LogP contribution is -2.53. The normalized spacial score (nSPS) is 32.6. The highest BCUT2D eigenvalue weighted by atomic mass is 16.5. The molecule has 0 fully saturated rings. The molecule has 0 saturated heterocycles. The highest BCUT2D eigenvalue weighted by molar-refractivity contribution is 5.93. The van der Waals surface area contributed by atoms with Gasteiger partial charge in [-0.2, -0.15) is 0 Å². The maximum atomic E-state index is 11.3. The van der Waals surface area contributed by atoms with Gasteiger partial charge in [0.1, 0.15) is 6.10 Å². The predicted molar refractivity (Wildman–Crippen MR) is 59.4 cm³/mol. The van der Waals surface area contributed by atoms with Gasteiger partial charge in [-0.3, -0.25) is 4.79 Å². The molecule has 1 unspecified atom stereocenters. The van der Waals surface area contributed by atoms with Crippen molar-refractivity contribution in [1.82, 2.24) is 10.2 Å². The molecule has 2 rings (SSSR count). The van der Waals surface area contributed by atoms with Crippen LogP contribution in [0.5, 0.6) is 0 Å². The van der Waals surface area contributed by atoms with Gasteiger partial charge in [-0.15, -0.1) is 0 Å². The molecule has 2 aliphatic rings. The van der Waals surface area contributed by atoms with Gasteiger partial charge >= 0.3 is 0 Å². The Morgan fingerprint density at radius 3 is 3.06 bits per heavy atom. The van der Waals surface area contributed by atoms with Gasteiger partial charge in [-0.25, -0.2) is 0 Å². The van der Waals surface area contributed by atoms with E-state index in [1.165, 1.54) is 0 Å². The van der Waals surface area contributed by atoms with Gasteiger partial charge in [0.05, 0.1) is 6.61 Å². The van der Waals surface area contributed by atoms with Crippen LogP contribution in [0.4, 0.5) is 0 Å². The zero-order valence-electron chi connectivity index (χ0n) is 9.79. The highest BCUT2D eigenvalue weighted by Crippen LogP contribution is 2.20. The summed E-state index contributed by atoms with van der Waals surface area (Å²) in [7, 11) is 1.60. The van der Waals surface area contributed by atoms with Gasteiger partial charge in [0.15, 0.2) is 6.23 Å². The topological polar surface area (TPSA) is 71.0 Å². The third-order valence-electron chi connectivity index (χ3n) is 2.67. The average molecular weight is 240 g/mol. The fourth-order valence-electron chi connectivity index (χ4n) is 1.79. The SMILES string of the molecule is COC[C@@H]1C=C[C@H](N2C=C(C)C(=O)NC2O)O1. The summed E-state index contributed by atoms with van der Waals surface area (Å²) in [5.41, 5.74) is 0.530. The Hall–Kier alpha value is -1.37. The van der Waals surface area contributed by atoms with E-state index < -0.39 is 6.35 Å². The van der Waals surface area contributed by atoms with E-state index in [1.807, 2.05) is 12.2 Å². The number of ether oxygens (including phenoxy) is 2. The number of carbonyl (C=O) groups is 1. The molecule has 2 N–H and O–H groups in total. The maximum absolute atomic E-state index is 11.3. The molecule has 0 saturated carbocycles. The third kappa shape index (κ3) is 2.49. The van der Waals surface area contributed by atoms with Crippen LogP contribution in [0.3, 0.4) is 0 Å². The number of amides is 1. The molecule has 0 aromatic carbocycles. The number of aliphatic hydroxyl groups excluding tert-OH is 1. The molecule has 6 heteroatoms. The molecular weight excluding hydrogens is 224 g/mol. The van der Waals surface area contributed by atoms with Crippen molar-refractivity contribution < 1.29 is 19.4 Å². The summed E-state index contributed by atoms with van der Waals surface area (Å²) in [4.78, 5) is 12.8. The minimum absolute atomic E-state index is 0.122. The molecule has 1 amide bonds. The third-order valence-corrected chi connectivity index (χ3v) is 2.67. The minimum atomic E-state index is -1.07. The largest absolute Gasteiger partial charge is 0.382 e. The van der Waals surface area contributed by atoms with Crippen molar-refractivity contribution in [2.75, 3.05) is 13.7 Å². The Balaban J connectivity index is 2.04. The molecule has 0 spiro atoms. The average Bonchev–Trinajstić information content (AvgIpc) is 2.72. The lowest BCUT2D eigenvalue weighted by molar-refractivity contribution is -0.138. The number of nitrogens with zero attached hydrogens (tertiary/aromatic N) is 1. The van der Waals surface area contributed by atoms with Crippen LogP contribution in [0.15, 0.2) is 23.9 Å². The van der Waals surface area contributed by atoms with Crippen molar-refractivity contribution in [1.29, 1.82) is 0 Å². The van der Waals surface area contributed by atoms with Gasteiger partial charge in [0, 0.05) is 18.9 Å². The number of rotatable bonds is 3. The van der Waals surface area contributed by atoms with Crippen molar-refractivity contribution >= 4 is 5.91 Å². The Morgan fingerprint density at radius 2 is 2.35 bits per heavy atom. The standard InChI is InChI=1S/C11H16N2O4/c1-7-5-13(11(15)12-10(7)14)9-4-3-8(17-9)6-16-2/h3-5,8-9,11,15H,6H2,1-2H3,(H,12,14)/t8-,9+,11?/m0/s1. The fraction of sp³-hybridized carbons (Fsp3) is 0.545. The van der Waals surface area contributed by atoms with E-state index in [4.69, 9.17) is 9.47 Å². The first-order chi connectivity index (χ1) is 8.11. The van der Waals surface area contributed by atoms with Gasteiger partial charge in [0.2, 0.25) is 6.35 Å². The van der Waals surface area contributed by atoms with Crippen LogP contribution in [-0.2, 0) is 14.3 Å². The van der Waals surface area contributed by atoms with Crippen molar-refractivity contribution in [3.8, 4) is 0 Å². The smallest absolute Gasteiger partial charge is 0.251 e. The number of hydrogen-bond donors (Lipinski definition) is 2. The summed E-state index contributed by atoms with van der Waals surface area (Å²) in [6, 6.07) is 0. The monoisotopic (exact) mass is 240 g/mol. The van der Waals surface area contributed by atoms with Crippen molar-refractivity contribution in [3.05, 3.63) is 23.9 Å². The summed E-state index contributed by atoms with van der Waals surface area (Å²) in [6.45, 7) is 2.14. The fourth-order valence-corrected chi connectivity index (χ4v) is 1.79. The predicted octanol–water partition coefficient (Wildman–Crippen LogP) is -0.475. The number of methoxy groups -OCH3 is 1. The molecule has 94 valence electrons. The quantitative estimate of drug-likeness (QED) is 0.652. The van der Waals surface area contributed by atoms with E-state index in [2.05, 4.69) is 5.32 Å². The molecule has 0 aromatic rings. The van der Waals surface area contributed by atoms with E-state index in [0.29, 0.717) is 12.2 Å². The molecule has 0 radical (unpaired) electrons. The van der Waals surface area contributed by atoms with E-state index in [1.54, 1.807) is 25.1 Å². The van der Waals surface area contributed by atoms with E-state index >= 15 is 0 Å². The van der Waals surface area contributed by atoms with Gasteiger partial charge in [-0.1, -0.05) is 6.08 Å². The summed E-state index contributed by atoms with van der Waals surface area (Å²) in [6.07, 6.45) is 3.72. The zero-order chi connectivity index (χ0) is 12.4. The Kier molecular flexibility index (Phi) is 3.46. The molecule has 17 heavy (non-hydrogen) atoms. The first-order valence-electron chi connectivity index (χ1n) is 5.39. The number of carbonyl (C=O) groups excluding carboxylic acids is 1. The number of nitrogens with one attached hydrogen (secondary N) is 1. The van der Waals surface area contributed by atoms with E-state index in [9.17, 15) is 9.90 Å². The van der Waals surface area contributed by atoms with Crippen LogP contribution < -0.4 is 5.32 Å². The lowest BCUT2D eigenvalue weighted by Gasteiger charge is -2.35. The number of hydrogen-bond acceptors (Lipinski definition) is 5. The second kappa shape index (κ2) is 4.87. The van der Waals surface area contributed by atoms with Crippen molar-refractivity contribution in [3.63, 3.8) is 0 Å². The van der Waals surface area contributed by atoms with Crippen LogP contribution in [0, 0.1) is 0 Å². The minimum Gasteiger partial charge on any atom is -0.382 e. The Bertz CT molecular complexity index is 366. The highest BCUT2D eigenvalue weighted by Gasteiger charge is 2.31. The second-order valence-corrected chi connectivity index (χ2v) is 4.01. The van der Waals surface area contributed by atoms with Gasteiger partial charge in [0.25, 0.3) is 5.91 Å². The Morgan fingerprint density at radius 1 is 1.59 bits per heavy atom. The van der Waals surface area contributed by atoms with Crippen molar-refractivity contribution in [2.24, 2.45) is 0 Å². The summed E-state index contributed by atoms with van der Waals surface area (Å²) >= 11 is 0. The van der Waals surface area contributed by atoms with E-state index in [-0.39, 0.29) is 18.2 Å². The molecule has 0 bridgehead atoms. The molecule has 2 aliphatic heterocycles. The Labute approximate surface area is 99.5 Å². The van der Waals surface area contributed by atoms with E-state index in [0.717, 1.165) is 0 Å². The van der Waals surface area contributed by atoms with Gasteiger partial charge in [-0.05, 0) is 13.0 Å². The molecule has 2 heterocycles. The first kappa shape index (κ1) is 12.1. The lowest BCUT2D eigenvalue weighted by atomic mass is 10.2. The van der Waals surface area contributed by atoms with Gasteiger partial charge < -0.3 is 24.8 Å². The first-order valence-corrected chi connectivity index (χ1v) is 5.39. The molecule has 0 aromatic heterocycles. The molecule has 3 atom stereocenters. The van der Waals surface area contributed by atoms with Crippen LogP contribution in [0.25, 0.3) is 0 Å². The van der Waals surface area contributed by atoms with Crippen LogP contribution in [0.2, 0.25) is 0 Å². The van der Waals surface area contributed by atoms with Crippen molar-refractivity contribution in [2.45, 2.75) is 25.6 Å². The summed E-state index contributed by atoms with van der Waals surface area (Å²) in [5.74, 6) is -0.274. The maximum Gasteiger partial charge on any atom is 0.251 e. The van der Waals surface area contributed by atoms with Crippen LogP contribution in [0.1, 0.15) is 6.92 Å². The van der Waals surface area contributed by atoms with Crippen LogP contribution >= 0.6 is 0 Å². The zero-order valence-corrected chi connectivity index (χ0v) is 9.79. The van der Waals surface area contributed by atoms with Crippen LogP contribution in [-0.4, -0.2) is 48.3 Å². The second-order valence-electron chi connectivity index (χ2n) is 4.01. The molecule has 6 nitrogen and oxygen atoms in total. The molecule has 0 aliphatic carbocycles. The number of aliphatic hydroxyl groups is 1. The summed E-state index contributed by atoms with van der Waals surface area (Å²) in [5, 5.41) is 12.2. The molecular formula is C11H16N2O4.